The predicted molar refractivity (Wildman–Crippen MR) is 266 cm³/mol. The molecule has 1 saturated heterocycles. The summed E-state index contributed by atoms with van der Waals surface area (Å²) in [4.78, 5) is 74.6. The third kappa shape index (κ3) is 10.5. The summed E-state index contributed by atoms with van der Waals surface area (Å²) in [6.07, 6.45) is 7.34. The molecule has 2 aliphatic heterocycles. The molecular weight excluding hydrogens is 909 g/mol. The van der Waals surface area contributed by atoms with Crippen molar-refractivity contribution in [3.05, 3.63) is 72.1 Å². The fraction of sp³-hybridized carbons (Fsp3) is 0.593. The summed E-state index contributed by atoms with van der Waals surface area (Å²) in [6, 6.07) is 13.0. The Morgan fingerprint density at radius 1 is 1.06 bits per heavy atom. The van der Waals surface area contributed by atoms with Gasteiger partial charge in [-0.15, -0.1) is 6.58 Å². The van der Waals surface area contributed by atoms with Crippen LogP contribution in [0.1, 0.15) is 122 Å². The third-order valence-corrected chi connectivity index (χ3v) is 17.8. The maximum Gasteiger partial charge on any atom is 0.306 e. The van der Waals surface area contributed by atoms with Crippen LogP contribution in [0, 0.1) is 35.5 Å². The summed E-state index contributed by atoms with van der Waals surface area (Å²) in [7, 11) is -1.91. The first kappa shape index (κ1) is 49.6. The van der Waals surface area contributed by atoms with Gasteiger partial charge in [0.15, 0.2) is 5.78 Å². The number of ether oxygens (including phenoxy) is 3. The molecule has 0 spiro atoms. The SMILES string of the molecule is C=C[C@@H]1C[C@]1(CC(=O)[C@@H]1C[C@@H]2CN1C(=O)[C@H](C(C)(C)C)CC(=O)O[C@@H]1C[C@H]1CCCCCc1c(nc3ccccc3c1OCCCN(C)Cc1nc3ccc(C)cc3[nH]1)O2)C(=O)NS(=O)(=O)C1(C)CC1. The standard InChI is InChI=1S/C54H70N6O9S/c1-8-35-29-54(35,51(64)58-70(65,66)53(6)21-22-53)30-44(61)43-27-36-31-60(43)50(63)39(52(3,4)5)28-47(62)69-45-26-34(45)15-10-9-11-17-38-48(37-16-12-13-18-40(37)57-49(38)68-36)67-24-14-23-59(7)32-46-55-41-20-19-33(2)25-42(41)56-46/h8,12-13,16,18-20,25,34-36,39,43,45H,1,9-11,14-15,17,21-24,26-32H2,2-7H3,(H,55,56)(H,58,64)/t34-,35-,36-,39-,43+,45-,54-/m1/s1. The van der Waals surface area contributed by atoms with E-state index >= 15 is 4.79 Å². The zero-order valence-corrected chi connectivity index (χ0v) is 42.5. The smallest absolute Gasteiger partial charge is 0.306 e. The number of nitrogens with one attached hydrogen (secondary N) is 2. The number of fused-ring (bicyclic) bond motifs is 6. The van der Waals surface area contributed by atoms with Crippen LogP contribution in [0.5, 0.6) is 11.6 Å². The number of carbonyl (C=O) groups is 4. The molecule has 4 heterocycles. The number of carbonyl (C=O) groups excluding carboxylic acids is 4. The van der Waals surface area contributed by atoms with Gasteiger partial charge in [-0.1, -0.05) is 57.9 Å². The van der Waals surface area contributed by atoms with Crippen molar-refractivity contribution in [2.75, 3.05) is 26.7 Å². The highest BCUT2D eigenvalue weighted by atomic mass is 32.2. The number of rotatable bonds is 14. The van der Waals surface area contributed by atoms with Crippen molar-refractivity contribution in [3.8, 4) is 11.6 Å². The molecule has 0 radical (unpaired) electrons. The van der Waals surface area contributed by atoms with Gasteiger partial charge in [0.05, 0.1) is 70.4 Å². The van der Waals surface area contributed by atoms with Crippen molar-refractivity contribution in [2.24, 2.45) is 28.6 Å². The number of para-hydroxylation sites is 1. The molecule has 3 aliphatic carbocycles. The van der Waals surface area contributed by atoms with E-state index in [1.807, 2.05) is 51.1 Å². The molecule has 4 aromatic rings. The molecule has 4 fully saturated rings. The van der Waals surface area contributed by atoms with Crippen LogP contribution < -0.4 is 14.2 Å². The lowest BCUT2D eigenvalue weighted by Crippen LogP contribution is -2.49. The van der Waals surface area contributed by atoms with Gasteiger partial charge in [0.2, 0.25) is 27.7 Å². The summed E-state index contributed by atoms with van der Waals surface area (Å²) in [5.74, 6) is -0.899. The Morgan fingerprint density at radius 2 is 1.84 bits per heavy atom. The number of ketones is 1. The summed E-state index contributed by atoms with van der Waals surface area (Å²) in [6.45, 7) is 15.2. The topological polar surface area (TPSA) is 190 Å². The Balaban J connectivity index is 0.997. The summed E-state index contributed by atoms with van der Waals surface area (Å²) >= 11 is 0. The van der Waals surface area contributed by atoms with Gasteiger partial charge in [0.25, 0.3) is 0 Å². The number of Topliss-reactive ketones (excluding diaryl/α,β-unsaturated/α-hetero) is 1. The molecule has 15 nitrogen and oxygen atoms in total. The number of hydrogen-bond donors (Lipinski definition) is 2. The lowest BCUT2D eigenvalue weighted by Gasteiger charge is -2.34. The average Bonchev–Trinajstić information content (AvgIpc) is 4.26. The Hall–Kier alpha value is -5.35. The van der Waals surface area contributed by atoms with E-state index in [1.165, 1.54) is 10.5 Å². The van der Waals surface area contributed by atoms with E-state index in [0.29, 0.717) is 49.6 Å². The van der Waals surface area contributed by atoms with Crippen LogP contribution in [-0.4, -0.2) is 106 Å². The molecule has 3 saturated carbocycles. The molecule has 2 N–H and O–H groups in total. The van der Waals surface area contributed by atoms with Crippen molar-refractivity contribution < 1.29 is 41.8 Å². The van der Waals surface area contributed by atoms with E-state index < -0.39 is 61.5 Å². The zero-order chi connectivity index (χ0) is 49.8. The van der Waals surface area contributed by atoms with Crippen LogP contribution in [0.4, 0.5) is 0 Å². The van der Waals surface area contributed by atoms with Gasteiger partial charge in [-0.3, -0.25) is 28.8 Å². The van der Waals surface area contributed by atoms with Crippen LogP contribution >= 0.6 is 0 Å². The Labute approximate surface area is 411 Å². The third-order valence-electron chi connectivity index (χ3n) is 15.7. The number of esters is 1. The minimum Gasteiger partial charge on any atom is -0.492 e. The first-order valence-corrected chi connectivity index (χ1v) is 26.8. The largest absolute Gasteiger partial charge is 0.492 e. The van der Waals surface area contributed by atoms with Gasteiger partial charge in [-0.2, -0.15) is 0 Å². The van der Waals surface area contributed by atoms with E-state index in [9.17, 15) is 22.8 Å². The molecule has 70 heavy (non-hydrogen) atoms. The minimum atomic E-state index is -3.98. The molecular formula is C54H70N6O9S. The van der Waals surface area contributed by atoms with Crippen LogP contribution in [0.3, 0.4) is 0 Å². The van der Waals surface area contributed by atoms with Crippen LogP contribution in [0.25, 0.3) is 21.9 Å². The highest BCUT2D eigenvalue weighted by Gasteiger charge is 2.62. The van der Waals surface area contributed by atoms with E-state index in [1.54, 1.807) is 13.0 Å². The number of aromatic nitrogens is 3. The summed E-state index contributed by atoms with van der Waals surface area (Å²) in [5, 5.41) is 0.868. The van der Waals surface area contributed by atoms with Crippen molar-refractivity contribution >= 4 is 55.5 Å². The summed E-state index contributed by atoms with van der Waals surface area (Å²) < 4.78 is 47.5. The minimum absolute atomic E-state index is 0.0275. The quantitative estimate of drug-likeness (QED) is 0.0707. The van der Waals surface area contributed by atoms with Crippen molar-refractivity contribution in [3.63, 3.8) is 0 Å². The normalized spacial score (nSPS) is 26.9. The van der Waals surface area contributed by atoms with E-state index in [4.69, 9.17) is 24.2 Å². The second kappa shape index (κ2) is 19.3. The monoisotopic (exact) mass is 978 g/mol. The maximum atomic E-state index is 15.1. The number of aromatic amines is 1. The van der Waals surface area contributed by atoms with Gasteiger partial charge in [-0.05, 0) is 119 Å². The molecule has 7 atom stereocenters. The number of H-pyrrole nitrogens is 1. The number of nitrogens with zero attached hydrogens (tertiary/aromatic N) is 4. The molecule has 376 valence electrons. The molecule has 16 heteroatoms. The van der Waals surface area contributed by atoms with E-state index in [0.717, 1.165) is 72.9 Å². The van der Waals surface area contributed by atoms with Gasteiger partial charge in [0, 0.05) is 24.8 Å². The fourth-order valence-electron chi connectivity index (χ4n) is 10.7. The second-order valence-corrected chi connectivity index (χ2v) is 24.5. The predicted octanol–water partition coefficient (Wildman–Crippen LogP) is 7.92. The number of sulfonamides is 1. The lowest BCUT2D eigenvalue weighted by atomic mass is 9.77. The lowest BCUT2D eigenvalue weighted by molar-refractivity contribution is -0.154. The number of hydrogen-bond acceptors (Lipinski definition) is 12. The molecule has 5 aliphatic rings. The number of allylic oxidation sites excluding steroid dienone is 1. The molecule has 0 unspecified atom stereocenters. The Kier molecular flexibility index (Phi) is 13.7. The number of aryl methyl sites for hydroxylation is 1. The molecule has 2 aromatic heterocycles. The molecule has 9 rings (SSSR count). The number of benzene rings is 2. The van der Waals surface area contributed by atoms with E-state index in [2.05, 4.69) is 47.3 Å². The van der Waals surface area contributed by atoms with Crippen LogP contribution in [-0.2, 0) is 46.9 Å². The van der Waals surface area contributed by atoms with Crippen LogP contribution in [0.15, 0.2) is 55.1 Å². The van der Waals surface area contributed by atoms with Crippen molar-refractivity contribution in [1.29, 1.82) is 0 Å². The highest BCUT2D eigenvalue weighted by Crippen LogP contribution is 2.57. The fourth-order valence-corrected chi connectivity index (χ4v) is 12.0. The average molecular weight is 979 g/mol. The number of imidazole rings is 1. The van der Waals surface area contributed by atoms with Crippen molar-refractivity contribution in [2.45, 2.75) is 148 Å². The maximum absolute atomic E-state index is 15.1. The van der Waals surface area contributed by atoms with Gasteiger partial charge in [-0.25, -0.2) is 18.4 Å². The van der Waals surface area contributed by atoms with Gasteiger partial charge in [0.1, 0.15) is 23.8 Å². The van der Waals surface area contributed by atoms with Gasteiger partial charge >= 0.3 is 5.97 Å². The van der Waals surface area contributed by atoms with Crippen molar-refractivity contribution in [1.82, 2.24) is 29.5 Å². The highest BCUT2D eigenvalue weighted by molar-refractivity contribution is 7.91. The molecule has 2 aromatic carbocycles. The zero-order valence-electron chi connectivity index (χ0n) is 41.7. The van der Waals surface area contributed by atoms with Crippen LogP contribution in [0.2, 0.25) is 0 Å². The summed E-state index contributed by atoms with van der Waals surface area (Å²) in [5.41, 5.74) is 2.65. The van der Waals surface area contributed by atoms with Gasteiger partial charge < -0.3 is 24.1 Å². The second-order valence-electron chi connectivity index (χ2n) is 22.3. The number of amides is 2. The first-order chi connectivity index (χ1) is 33.3. The van der Waals surface area contributed by atoms with E-state index in [-0.39, 0.29) is 55.9 Å². The Morgan fingerprint density at radius 3 is 2.59 bits per heavy atom. The molecule has 2 bridgehead atoms. The molecule has 2 amide bonds. The number of pyridine rings is 1. The Bertz CT molecular complexity index is 2800. The first-order valence-electron chi connectivity index (χ1n) is 25.3.